The molecule has 44 heavy (non-hydrogen) atoms. The van der Waals surface area contributed by atoms with Gasteiger partial charge in [-0.05, 0) is 106 Å². The van der Waals surface area contributed by atoms with Gasteiger partial charge in [0.2, 0.25) is 0 Å². The fourth-order valence-corrected chi connectivity index (χ4v) is 7.30. The molecule has 2 aliphatic rings. The molecule has 1 fully saturated rings. The Labute approximate surface area is 260 Å². The van der Waals surface area contributed by atoms with Gasteiger partial charge in [0.25, 0.3) is 11.5 Å². The standard InChI is InChI=1S/C34H38N6O3S/c1-20-24(9-5-10-27(20)39-33(42)30-17-22-7-3-4-11-29(22)44-30)28-19-40(2)34(43)32(38-28)37-23-12-13-25(26(35)18-23)31(41)21-8-6-15-36-16-14-21/h5,9-10,12-13,17-19,21,36H,3-4,6-8,11,14-16,35H2,1-2H3,(H,37,38)(H,39,42). The minimum Gasteiger partial charge on any atom is -0.398 e. The lowest BCUT2D eigenvalue weighted by Crippen LogP contribution is -2.22. The molecule has 5 N–H and O–H groups in total. The topological polar surface area (TPSA) is 131 Å². The van der Waals surface area contributed by atoms with Crippen molar-refractivity contribution in [1.29, 1.82) is 0 Å². The number of aromatic nitrogens is 2. The number of nitrogens with two attached hydrogens (primary N) is 1. The molecule has 2 aromatic carbocycles. The molecule has 4 aromatic rings. The summed E-state index contributed by atoms with van der Waals surface area (Å²) < 4.78 is 1.48. The summed E-state index contributed by atoms with van der Waals surface area (Å²) in [5.41, 5.74) is 11.7. The van der Waals surface area contributed by atoms with E-state index in [-0.39, 0.29) is 29.0 Å². The first-order valence-electron chi connectivity index (χ1n) is 15.3. The van der Waals surface area contributed by atoms with Gasteiger partial charge in [0.05, 0.1) is 10.6 Å². The number of Topliss-reactive ketones (excluding diaryl/α,β-unsaturated/α-hetero) is 1. The quantitative estimate of drug-likeness (QED) is 0.153. The number of hydrogen-bond acceptors (Lipinski definition) is 8. The second kappa shape index (κ2) is 12.8. The maximum atomic E-state index is 13.2. The highest BCUT2D eigenvalue weighted by Gasteiger charge is 2.23. The zero-order chi connectivity index (χ0) is 30.8. The predicted molar refractivity (Wildman–Crippen MR) is 177 cm³/mol. The summed E-state index contributed by atoms with van der Waals surface area (Å²) in [6, 6.07) is 12.9. The highest BCUT2D eigenvalue weighted by molar-refractivity contribution is 7.14. The van der Waals surface area contributed by atoms with Crippen LogP contribution in [-0.2, 0) is 19.9 Å². The van der Waals surface area contributed by atoms with Crippen LogP contribution in [-0.4, -0.2) is 34.3 Å². The van der Waals surface area contributed by atoms with Crippen LogP contribution in [0, 0.1) is 12.8 Å². The number of nitrogens with zero attached hydrogens (tertiary/aromatic N) is 2. The van der Waals surface area contributed by atoms with E-state index in [2.05, 4.69) is 20.9 Å². The number of carbonyl (C=O) groups is 2. The summed E-state index contributed by atoms with van der Waals surface area (Å²) in [4.78, 5) is 46.2. The highest BCUT2D eigenvalue weighted by atomic mass is 32.1. The number of anilines is 4. The molecule has 0 saturated carbocycles. The molecule has 1 aliphatic heterocycles. The first-order valence-corrected chi connectivity index (χ1v) is 16.1. The Kier molecular flexibility index (Phi) is 8.63. The van der Waals surface area contributed by atoms with E-state index in [0.29, 0.717) is 28.3 Å². The van der Waals surface area contributed by atoms with E-state index in [9.17, 15) is 14.4 Å². The Morgan fingerprint density at radius 2 is 1.91 bits per heavy atom. The van der Waals surface area contributed by atoms with Crippen molar-refractivity contribution >= 4 is 45.9 Å². The average molecular weight is 611 g/mol. The fraction of sp³-hybridized carbons (Fsp3) is 0.353. The predicted octanol–water partition coefficient (Wildman–Crippen LogP) is 5.85. The number of fused-ring (bicyclic) bond motifs is 1. The molecule has 228 valence electrons. The van der Waals surface area contributed by atoms with Crippen LogP contribution in [0.2, 0.25) is 0 Å². The minimum absolute atomic E-state index is 0.0452. The van der Waals surface area contributed by atoms with Crippen LogP contribution in [0.15, 0.2) is 53.5 Å². The summed E-state index contributed by atoms with van der Waals surface area (Å²) in [5, 5.41) is 9.55. The third-order valence-corrected chi connectivity index (χ3v) is 9.91. The largest absolute Gasteiger partial charge is 0.398 e. The van der Waals surface area contributed by atoms with Gasteiger partial charge in [-0.15, -0.1) is 11.3 Å². The monoisotopic (exact) mass is 610 g/mol. The van der Waals surface area contributed by atoms with Crippen molar-refractivity contribution in [2.24, 2.45) is 13.0 Å². The van der Waals surface area contributed by atoms with Gasteiger partial charge in [0, 0.05) is 52.2 Å². The van der Waals surface area contributed by atoms with E-state index in [1.54, 1.807) is 42.8 Å². The molecule has 3 heterocycles. The lowest BCUT2D eigenvalue weighted by molar-refractivity contribution is 0.0910. The molecular weight excluding hydrogens is 572 g/mol. The number of thiophene rings is 1. The SMILES string of the molecule is Cc1c(NC(=O)c2cc3c(s2)CCCC3)cccc1-c1cn(C)c(=O)c(Nc2ccc(C(=O)C3CCCNCC3)c(N)c2)n1. The maximum Gasteiger partial charge on any atom is 0.293 e. The van der Waals surface area contributed by atoms with Crippen LogP contribution in [0.1, 0.15) is 68.1 Å². The average Bonchev–Trinajstić information content (AvgIpc) is 3.27. The van der Waals surface area contributed by atoms with Crippen molar-refractivity contribution in [1.82, 2.24) is 14.9 Å². The number of hydrogen-bond donors (Lipinski definition) is 4. The first kappa shape index (κ1) is 29.8. The van der Waals surface area contributed by atoms with Crippen LogP contribution in [0.25, 0.3) is 11.3 Å². The van der Waals surface area contributed by atoms with Crippen LogP contribution >= 0.6 is 11.3 Å². The Balaban J connectivity index is 1.23. The van der Waals surface area contributed by atoms with Gasteiger partial charge in [-0.1, -0.05) is 12.1 Å². The van der Waals surface area contributed by atoms with E-state index in [1.165, 1.54) is 27.8 Å². The number of rotatable bonds is 7. The Morgan fingerprint density at radius 3 is 2.73 bits per heavy atom. The van der Waals surface area contributed by atoms with E-state index in [0.717, 1.165) is 61.2 Å². The third kappa shape index (κ3) is 6.18. The molecule has 10 heteroatoms. The molecule has 6 rings (SSSR count). The van der Waals surface area contributed by atoms with Gasteiger partial charge >= 0.3 is 0 Å². The molecular formula is C34H38N6O3S. The molecule has 0 bridgehead atoms. The van der Waals surface area contributed by atoms with Crippen LogP contribution in [0.3, 0.4) is 0 Å². The minimum atomic E-state index is -0.304. The van der Waals surface area contributed by atoms with Crippen molar-refractivity contribution < 1.29 is 9.59 Å². The van der Waals surface area contributed by atoms with Crippen molar-refractivity contribution in [3.8, 4) is 11.3 Å². The molecule has 1 unspecified atom stereocenters. The van der Waals surface area contributed by atoms with Crippen molar-refractivity contribution in [2.45, 2.75) is 51.9 Å². The van der Waals surface area contributed by atoms with Gasteiger partial charge < -0.3 is 26.3 Å². The Morgan fingerprint density at radius 1 is 1.07 bits per heavy atom. The number of nitrogen functional groups attached to an aromatic ring is 1. The third-order valence-electron chi connectivity index (χ3n) is 8.68. The fourth-order valence-electron chi connectivity index (χ4n) is 6.16. The van der Waals surface area contributed by atoms with E-state index >= 15 is 0 Å². The Hall–Kier alpha value is -4.28. The number of nitrogens with one attached hydrogen (secondary N) is 3. The molecule has 1 atom stereocenters. The second-order valence-corrected chi connectivity index (χ2v) is 12.9. The van der Waals surface area contributed by atoms with Gasteiger partial charge in [-0.2, -0.15) is 0 Å². The van der Waals surface area contributed by atoms with Gasteiger partial charge in [0.15, 0.2) is 11.6 Å². The van der Waals surface area contributed by atoms with Crippen LogP contribution in [0.5, 0.6) is 0 Å². The zero-order valence-electron chi connectivity index (χ0n) is 25.2. The van der Waals surface area contributed by atoms with E-state index < -0.39 is 0 Å². The van der Waals surface area contributed by atoms with Crippen molar-refractivity contribution in [3.63, 3.8) is 0 Å². The molecule has 1 amide bonds. The highest BCUT2D eigenvalue weighted by Crippen LogP contribution is 2.32. The van der Waals surface area contributed by atoms with Gasteiger partial charge in [-0.25, -0.2) is 4.98 Å². The lowest BCUT2D eigenvalue weighted by Gasteiger charge is -2.16. The number of amides is 1. The van der Waals surface area contributed by atoms with E-state index in [1.807, 2.05) is 31.2 Å². The molecule has 1 saturated heterocycles. The molecule has 9 nitrogen and oxygen atoms in total. The van der Waals surface area contributed by atoms with Crippen LogP contribution < -0.4 is 27.2 Å². The summed E-state index contributed by atoms with van der Waals surface area (Å²) in [6.07, 6.45) is 8.73. The van der Waals surface area contributed by atoms with Crippen molar-refractivity contribution in [3.05, 3.63) is 85.5 Å². The second-order valence-electron chi connectivity index (χ2n) is 11.8. The molecule has 0 radical (unpaired) electrons. The Bertz CT molecular complexity index is 1760. The number of ketones is 1. The molecule has 2 aromatic heterocycles. The van der Waals surface area contributed by atoms with Gasteiger partial charge in [0.1, 0.15) is 0 Å². The summed E-state index contributed by atoms with van der Waals surface area (Å²) in [6.45, 7) is 3.69. The molecule has 0 spiro atoms. The number of benzene rings is 2. The smallest absolute Gasteiger partial charge is 0.293 e. The zero-order valence-corrected chi connectivity index (χ0v) is 26.0. The lowest BCUT2D eigenvalue weighted by atomic mass is 9.90. The normalized spacial score (nSPS) is 16.5. The summed E-state index contributed by atoms with van der Waals surface area (Å²) >= 11 is 1.59. The summed E-state index contributed by atoms with van der Waals surface area (Å²) in [5.74, 6) is 0.0399. The first-order chi connectivity index (χ1) is 21.3. The number of aryl methyl sites for hydroxylation is 3. The summed E-state index contributed by atoms with van der Waals surface area (Å²) in [7, 11) is 1.68. The van der Waals surface area contributed by atoms with Crippen LogP contribution in [0.4, 0.5) is 22.9 Å². The number of carbonyl (C=O) groups excluding carboxylic acids is 2. The maximum absolute atomic E-state index is 13.2. The van der Waals surface area contributed by atoms with Crippen molar-refractivity contribution in [2.75, 3.05) is 29.5 Å². The van der Waals surface area contributed by atoms with E-state index in [4.69, 9.17) is 5.73 Å². The molecule has 1 aliphatic carbocycles. The van der Waals surface area contributed by atoms with Gasteiger partial charge in [-0.3, -0.25) is 14.4 Å².